The maximum absolute atomic E-state index is 10.5. The maximum Gasteiger partial charge on any atom is 0.0959 e. The van der Waals surface area contributed by atoms with Crippen molar-refractivity contribution in [2.24, 2.45) is 28.6 Å². The Morgan fingerprint density at radius 2 is 2.12 bits per heavy atom. The molecule has 0 aromatic rings. The fourth-order valence-corrected chi connectivity index (χ4v) is 7.06. The van der Waals surface area contributed by atoms with E-state index in [9.17, 15) is 5.11 Å². The van der Waals surface area contributed by atoms with Crippen LogP contribution in [-0.4, -0.2) is 18.8 Å². The van der Waals surface area contributed by atoms with Gasteiger partial charge in [0.05, 0.1) is 12.9 Å². The lowest BCUT2D eigenvalue weighted by Crippen LogP contribution is -2.52. The zero-order valence-corrected chi connectivity index (χ0v) is 15.7. The summed E-state index contributed by atoms with van der Waals surface area (Å²) in [6.07, 6.45) is 13.5. The highest BCUT2D eigenvalue weighted by Crippen LogP contribution is 2.66. The van der Waals surface area contributed by atoms with Crippen molar-refractivity contribution in [3.8, 4) is 0 Å². The van der Waals surface area contributed by atoms with Gasteiger partial charge < -0.3 is 9.84 Å². The first kappa shape index (κ1) is 16.7. The van der Waals surface area contributed by atoms with Crippen molar-refractivity contribution in [3.63, 3.8) is 0 Å². The summed E-state index contributed by atoms with van der Waals surface area (Å²) in [4.78, 5) is 0. The van der Waals surface area contributed by atoms with E-state index in [-0.39, 0.29) is 5.41 Å². The molecule has 0 aliphatic heterocycles. The van der Waals surface area contributed by atoms with E-state index in [4.69, 9.17) is 4.74 Å². The summed E-state index contributed by atoms with van der Waals surface area (Å²) in [5.41, 5.74) is 3.98. The first-order valence-electron chi connectivity index (χ1n) is 10.1. The second-order valence-electron chi connectivity index (χ2n) is 9.26. The van der Waals surface area contributed by atoms with Crippen molar-refractivity contribution in [1.82, 2.24) is 0 Å². The van der Waals surface area contributed by atoms with Crippen molar-refractivity contribution in [2.75, 3.05) is 13.7 Å². The normalized spacial score (nSPS) is 44.5. The Labute approximate surface area is 147 Å². The molecule has 0 aromatic carbocycles. The lowest BCUT2D eigenvalue weighted by Gasteiger charge is -2.58. The highest BCUT2D eigenvalue weighted by molar-refractivity contribution is 5.35. The van der Waals surface area contributed by atoms with Crippen LogP contribution < -0.4 is 0 Å². The smallest absolute Gasteiger partial charge is 0.0959 e. The average molecular weight is 331 g/mol. The number of aliphatic hydroxyl groups is 1. The Bertz CT molecular complexity index is 569. The SMILES string of the molecule is CC[C@]1(CO)CC2=C(CC=C(OC)C2)[C@H]2CC[C@]3(C)CCC[C@@H]3[C@@H]21. The van der Waals surface area contributed by atoms with Crippen LogP contribution in [0.4, 0.5) is 0 Å². The second-order valence-corrected chi connectivity index (χ2v) is 9.26. The van der Waals surface area contributed by atoms with Gasteiger partial charge in [-0.1, -0.05) is 31.4 Å². The molecule has 2 nitrogen and oxygen atoms in total. The Hall–Kier alpha value is -0.760. The molecule has 2 saturated carbocycles. The zero-order valence-electron chi connectivity index (χ0n) is 15.7. The number of hydrogen-bond acceptors (Lipinski definition) is 2. The fourth-order valence-electron chi connectivity index (χ4n) is 7.06. The van der Waals surface area contributed by atoms with Crippen molar-refractivity contribution >= 4 is 0 Å². The lowest BCUT2D eigenvalue weighted by molar-refractivity contribution is -0.0725. The molecule has 0 amide bonds. The molecule has 2 fully saturated rings. The van der Waals surface area contributed by atoms with Gasteiger partial charge in [-0.2, -0.15) is 0 Å². The zero-order chi connectivity index (χ0) is 16.9. The van der Waals surface area contributed by atoms with Crippen LogP contribution >= 0.6 is 0 Å². The minimum absolute atomic E-state index is 0.108. The number of ether oxygens (including phenoxy) is 1. The minimum atomic E-state index is 0.108. The van der Waals surface area contributed by atoms with Crippen LogP contribution in [0.15, 0.2) is 23.0 Å². The van der Waals surface area contributed by atoms with Crippen molar-refractivity contribution in [1.29, 1.82) is 0 Å². The quantitative estimate of drug-likeness (QED) is 0.718. The third-order valence-electron chi connectivity index (χ3n) is 8.44. The largest absolute Gasteiger partial charge is 0.501 e. The Morgan fingerprint density at radius 1 is 1.29 bits per heavy atom. The van der Waals surface area contributed by atoms with Crippen LogP contribution in [0.25, 0.3) is 0 Å². The van der Waals surface area contributed by atoms with Gasteiger partial charge in [-0.25, -0.2) is 0 Å². The molecule has 0 radical (unpaired) electrons. The minimum Gasteiger partial charge on any atom is -0.501 e. The topological polar surface area (TPSA) is 29.5 Å². The highest BCUT2D eigenvalue weighted by atomic mass is 16.5. The molecular weight excluding hydrogens is 296 g/mol. The van der Waals surface area contributed by atoms with Gasteiger partial charge in [-0.3, -0.25) is 0 Å². The molecule has 4 aliphatic carbocycles. The molecule has 0 spiro atoms. The third kappa shape index (κ3) is 2.25. The van der Waals surface area contributed by atoms with Gasteiger partial charge >= 0.3 is 0 Å². The number of hydrogen-bond donors (Lipinski definition) is 1. The van der Waals surface area contributed by atoms with E-state index >= 15 is 0 Å². The molecule has 0 unspecified atom stereocenters. The first-order valence-corrected chi connectivity index (χ1v) is 10.1. The van der Waals surface area contributed by atoms with Crippen LogP contribution in [0, 0.1) is 28.6 Å². The third-order valence-corrected chi connectivity index (χ3v) is 8.44. The number of methoxy groups -OCH3 is 1. The molecule has 4 aliphatic rings. The molecule has 134 valence electrons. The molecule has 5 atom stereocenters. The van der Waals surface area contributed by atoms with Gasteiger partial charge in [-0.05, 0) is 74.2 Å². The monoisotopic (exact) mass is 330 g/mol. The van der Waals surface area contributed by atoms with E-state index in [0.29, 0.717) is 23.9 Å². The van der Waals surface area contributed by atoms with Crippen LogP contribution in [0.2, 0.25) is 0 Å². The van der Waals surface area contributed by atoms with E-state index in [2.05, 4.69) is 19.9 Å². The molecule has 0 aromatic heterocycles. The summed E-state index contributed by atoms with van der Waals surface area (Å²) in [5, 5.41) is 10.5. The van der Waals surface area contributed by atoms with E-state index in [1.807, 2.05) is 0 Å². The average Bonchev–Trinajstić information content (AvgIpc) is 3.01. The predicted molar refractivity (Wildman–Crippen MR) is 97.4 cm³/mol. The number of fused-ring (bicyclic) bond motifs is 4. The Kier molecular flexibility index (Phi) is 4.10. The summed E-state index contributed by atoms with van der Waals surface area (Å²) < 4.78 is 5.56. The first-order chi connectivity index (χ1) is 11.6. The molecular formula is C22H34O2. The summed E-state index contributed by atoms with van der Waals surface area (Å²) in [7, 11) is 1.80. The predicted octanol–water partition coefficient (Wildman–Crippen LogP) is 5.23. The van der Waals surface area contributed by atoms with E-state index in [0.717, 1.165) is 37.4 Å². The number of allylic oxidation sites excluding steroid dienone is 3. The van der Waals surface area contributed by atoms with Gasteiger partial charge in [0.25, 0.3) is 0 Å². The lowest BCUT2D eigenvalue weighted by atomic mass is 9.47. The van der Waals surface area contributed by atoms with Gasteiger partial charge in [0.15, 0.2) is 0 Å². The number of aliphatic hydroxyl groups excluding tert-OH is 1. The van der Waals surface area contributed by atoms with Gasteiger partial charge in [0.1, 0.15) is 0 Å². The van der Waals surface area contributed by atoms with E-state index in [1.165, 1.54) is 32.1 Å². The van der Waals surface area contributed by atoms with Crippen molar-refractivity contribution in [2.45, 2.75) is 71.6 Å². The van der Waals surface area contributed by atoms with Gasteiger partial charge in [-0.15, -0.1) is 0 Å². The standard InChI is InChI=1S/C22H34O2/c1-4-22(14-23)13-15-12-16(24-3)7-8-17(15)18-9-11-21(2)10-5-6-19(21)20(18)22/h7,18-20,23H,4-6,8-14H2,1-3H3/t18-,19-,20-,21+,22-/m1/s1. The summed E-state index contributed by atoms with van der Waals surface area (Å²) in [6.45, 7) is 5.22. The van der Waals surface area contributed by atoms with Crippen LogP contribution in [-0.2, 0) is 4.74 Å². The maximum atomic E-state index is 10.5. The van der Waals surface area contributed by atoms with Crippen molar-refractivity contribution < 1.29 is 9.84 Å². The molecule has 24 heavy (non-hydrogen) atoms. The molecule has 0 bridgehead atoms. The Balaban J connectivity index is 1.76. The summed E-state index contributed by atoms with van der Waals surface area (Å²) in [6, 6.07) is 0. The van der Waals surface area contributed by atoms with Crippen LogP contribution in [0.5, 0.6) is 0 Å². The molecule has 4 rings (SSSR count). The summed E-state index contributed by atoms with van der Waals surface area (Å²) >= 11 is 0. The highest BCUT2D eigenvalue weighted by Gasteiger charge is 2.58. The fraction of sp³-hybridized carbons (Fsp3) is 0.818. The second kappa shape index (κ2) is 5.90. The number of rotatable bonds is 3. The van der Waals surface area contributed by atoms with E-state index < -0.39 is 0 Å². The molecule has 0 heterocycles. The Morgan fingerprint density at radius 3 is 2.83 bits per heavy atom. The summed E-state index contributed by atoms with van der Waals surface area (Å²) in [5.74, 6) is 3.37. The molecule has 2 heteroatoms. The van der Waals surface area contributed by atoms with Crippen LogP contribution in [0.1, 0.15) is 71.6 Å². The molecule has 0 saturated heterocycles. The van der Waals surface area contributed by atoms with E-state index in [1.54, 1.807) is 18.3 Å². The molecule has 1 N–H and O–H groups in total. The van der Waals surface area contributed by atoms with Crippen LogP contribution in [0.3, 0.4) is 0 Å². The van der Waals surface area contributed by atoms with Gasteiger partial charge in [0, 0.05) is 18.4 Å². The van der Waals surface area contributed by atoms with Crippen molar-refractivity contribution in [3.05, 3.63) is 23.0 Å². The van der Waals surface area contributed by atoms with Gasteiger partial charge in [0.2, 0.25) is 0 Å².